The smallest absolute Gasteiger partial charge is 0.258 e. The predicted octanol–water partition coefficient (Wildman–Crippen LogP) is 1.93. The fourth-order valence-electron chi connectivity index (χ4n) is 1.32. The molecule has 2 heterocycles. The van der Waals surface area contributed by atoms with Gasteiger partial charge in [-0.05, 0) is 22.0 Å². The van der Waals surface area contributed by atoms with Crippen LogP contribution in [0.15, 0.2) is 16.7 Å². The molecule has 1 saturated heterocycles. The molecule has 1 aromatic rings. The van der Waals surface area contributed by atoms with Gasteiger partial charge in [0.2, 0.25) is 0 Å². The maximum absolute atomic E-state index is 11.9. The Balaban J connectivity index is 2.27. The summed E-state index contributed by atoms with van der Waals surface area (Å²) in [6.45, 7) is 1.49. The first-order valence-corrected chi connectivity index (χ1v) is 5.53. The number of carbonyl (C=O) groups excluding carboxylic acids is 1. The number of carbonyl (C=O) groups is 1. The van der Waals surface area contributed by atoms with Gasteiger partial charge in [0, 0.05) is 17.2 Å². The lowest BCUT2D eigenvalue weighted by molar-refractivity contribution is 0.0694. The molecule has 0 unspecified atom stereocenters. The quantitative estimate of drug-likeness (QED) is 0.743. The van der Waals surface area contributed by atoms with Crippen LogP contribution in [0.4, 0.5) is 0 Å². The SMILES string of the molecule is O=C(c1cc(Br)cnc1Cl)N1CCOC1. The van der Waals surface area contributed by atoms with Crippen LogP contribution in [-0.2, 0) is 4.74 Å². The summed E-state index contributed by atoms with van der Waals surface area (Å²) in [6.07, 6.45) is 1.56. The van der Waals surface area contributed by atoms with E-state index in [2.05, 4.69) is 20.9 Å². The van der Waals surface area contributed by atoms with Crippen LogP contribution in [-0.4, -0.2) is 35.7 Å². The van der Waals surface area contributed by atoms with Gasteiger partial charge in [-0.25, -0.2) is 4.98 Å². The average Bonchev–Trinajstić information content (AvgIpc) is 2.74. The first kappa shape index (κ1) is 10.9. The Morgan fingerprint density at radius 2 is 2.47 bits per heavy atom. The number of ether oxygens (including phenoxy) is 1. The van der Waals surface area contributed by atoms with Gasteiger partial charge in [-0.3, -0.25) is 4.79 Å². The van der Waals surface area contributed by atoms with E-state index in [1.165, 1.54) is 0 Å². The zero-order valence-electron chi connectivity index (χ0n) is 7.74. The molecule has 80 valence electrons. The highest BCUT2D eigenvalue weighted by molar-refractivity contribution is 9.10. The van der Waals surface area contributed by atoms with Gasteiger partial charge in [-0.15, -0.1) is 0 Å². The van der Waals surface area contributed by atoms with Gasteiger partial charge in [0.1, 0.15) is 11.9 Å². The minimum Gasteiger partial charge on any atom is -0.359 e. The zero-order chi connectivity index (χ0) is 10.8. The molecule has 4 nitrogen and oxygen atoms in total. The van der Waals surface area contributed by atoms with Crippen molar-refractivity contribution in [3.8, 4) is 0 Å². The van der Waals surface area contributed by atoms with Crippen molar-refractivity contribution in [1.29, 1.82) is 0 Å². The fourth-order valence-corrected chi connectivity index (χ4v) is 1.83. The third-order valence-corrected chi connectivity index (χ3v) is 2.81. The van der Waals surface area contributed by atoms with Crippen molar-refractivity contribution in [2.75, 3.05) is 19.9 Å². The molecule has 1 aliphatic heterocycles. The molecule has 0 N–H and O–H groups in total. The van der Waals surface area contributed by atoms with Crippen LogP contribution >= 0.6 is 27.5 Å². The van der Waals surface area contributed by atoms with Gasteiger partial charge in [0.15, 0.2) is 0 Å². The Bertz CT molecular complexity index is 394. The van der Waals surface area contributed by atoms with E-state index in [4.69, 9.17) is 16.3 Å². The van der Waals surface area contributed by atoms with E-state index in [0.717, 1.165) is 4.47 Å². The van der Waals surface area contributed by atoms with Crippen molar-refractivity contribution in [2.45, 2.75) is 0 Å². The van der Waals surface area contributed by atoms with Crippen molar-refractivity contribution >= 4 is 33.4 Å². The lowest BCUT2D eigenvalue weighted by atomic mass is 10.2. The second-order valence-corrected chi connectivity index (χ2v) is 4.37. The third-order valence-electron chi connectivity index (χ3n) is 2.08. The van der Waals surface area contributed by atoms with Crippen molar-refractivity contribution < 1.29 is 9.53 Å². The molecule has 0 aromatic carbocycles. The van der Waals surface area contributed by atoms with E-state index in [9.17, 15) is 4.79 Å². The summed E-state index contributed by atoms with van der Waals surface area (Å²) >= 11 is 9.10. The first-order chi connectivity index (χ1) is 7.18. The molecule has 1 aromatic heterocycles. The second-order valence-electron chi connectivity index (χ2n) is 3.10. The van der Waals surface area contributed by atoms with Crippen molar-refractivity contribution in [3.05, 3.63) is 27.5 Å². The highest BCUT2D eigenvalue weighted by Gasteiger charge is 2.22. The summed E-state index contributed by atoms with van der Waals surface area (Å²) in [5.74, 6) is -0.147. The lowest BCUT2D eigenvalue weighted by Crippen LogP contribution is -2.28. The van der Waals surface area contributed by atoms with E-state index in [1.807, 2.05) is 0 Å². The van der Waals surface area contributed by atoms with Gasteiger partial charge in [-0.2, -0.15) is 0 Å². The number of aromatic nitrogens is 1. The van der Waals surface area contributed by atoms with Crippen LogP contribution in [0.2, 0.25) is 5.15 Å². The van der Waals surface area contributed by atoms with E-state index in [0.29, 0.717) is 25.4 Å². The zero-order valence-corrected chi connectivity index (χ0v) is 10.1. The summed E-state index contributed by atoms with van der Waals surface area (Å²) in [6, 6.07) is 1.66. The van der Waals surface area contributed by atoms with E-state index in [1.54, 1.807) is 17.2 Å². The molecule has 1 amide bonds. The van der Waals surface area contributed by atoms with E-state index < -0.39 is 0 Å². The highest BCUT2D eigenvalue weighted by Crippen LogP contribution is 2.20. The molecular formula is C9H8BrClN2O2. The largest absolute Gasteiger partial charge is 0.359 e. The monoisotopic (exact) mass is 290 g/mol. The van der Waals surface area contributed by atoms with E-state index in [-0.39, 0.29) is 11.1 Å². The summed E-state index contributed by atoms with van der Waals surface area (Å²) < 4.78 is 5.83. The Kier molecular flexibility index (Phi) is 3.23. The third kappa shape index (κ3) is 2.30. The number of halogens is 2. The number of hydrogen-bond donors (Lipinski definition) is 0. The molecule has 1 fully saturated rings. The molecular weight excluding hydrogens is 283 g/mol. The Hall–Kier alpha value is -0.650. The second kappa shape index (κ2) is 4.47. The minimum atomic E-state index is -0.147. The molecule has 1 aliphatic rings. The standard InChI is InChI=1S/C9H8BrClN2O2/c10-6-3-7(8(11)12-4-6)9(14)13-1-2-15-5-13/h3-4H,1-2,5H2. The first-order valence-electron chi connectivity index (χ1n) is 4.36. The van der Waals surface area contributed by atoms with Gasteiger partial charge in [0.05, 0.1) is 12.2 Å². The normalized spacial score (nSPS) is 15.7. The number of amides is 1. The van der Waals surface area contributed by atoms with Crippen LogP contribution < -0.4 is 0 Å². The predicted molar refractivity (Wildman–Crippen MR) is 58.8 cm³/mol. The molecule has 0 bridgehead atoms. The number of hydrogen-bond acceptors (Lipinski definition) is 3. The van der Waals surface area contributed by atoms with Crippen molar-refractivity contribution in [3.63, 3.8) is 0 Å². The lowest BCUT2D eigenvalue weighted by Gasteiger charge is -2.13. The topological polar surface area (TPSA) is 42.4 Å². The Labute approximate surface area is 100 Å². The summed E-state index contributed by atoms with van der Waals surface area (Å²) in [5.41, 5.74) is 0.400. The van der Waals surface area contributed by atoms with Crippen LogP contribution in [0, 0.1) is 0 Å². The molecule has 0 spiro atoms. The molecule has 15 heavy (non-hydrogen) atoms. The molecule has 0 atom stereocenters. The Morgan fingerprint density at radius 3 is 3.13 bits per heavy atom. The molecule has 6 heteroatoms. The summed E-state index contributed by atoms with van der Waals surface area (Å²) in [7, 11) is 0. The van der Waals surface area contributed by atoms with E-state index >= 15 is 0 Å². The van der Waals surface area contributed by atoms with Crippen molar-refractivity contribution in [2.24, 2.45) is 0 Å². The number of pyridine rings is 1. The van der Waals surface area contributed by atoms with Gasteiger partial charge < -0.3 is 9.64 Å². The average molecular weight is 292 g/mol. The van der Waals surface area contributed by atoms with Crippen LogP contribution in [0.5, 0.6) is 0 Å². The molecule has 0 radical (unpaired) electrons. The number of rotatable bonds is 1. The molecule has 2 rings (SSSR count). The Morgan fingerprint density at radius 1 is 1.67 bits per heavy atom. The van der Waals surface area contributed by atoms with Crippen LogP contribution in [0.3, 0.4) is 0 Å². The maximum Gasteiger partial charge on any atom is 0.258 e. The fraction of sp³-hybridized carbons (Fsp3) is 0.333. The van der Waals surface area contributed by atoms with Crippen LogP contribution in [0.1, 0.15) is 10.4 Å². The number of nitrogens with zero attached hydrogens (tertiary/aromatic N) is 2. The van der Waals surface area contributed by atoms with Gasteiger partial charge in [-0.1, -0.05) is 11.6 Å². The molecule has 0 saturated carbocycles. The minimum absolute atomic E-state index is 0.147. The van der Waals surface area contributed by atoms with Gasteiger partial charge >= 0.3 is 0 Å². The van der Waals surface area contributed by atoms with Crippen molar-refractivity contribution in [1.82, 2.24) is 9.88 Å². The highest BCUT2D eigenvalue weighted by atomic mass is 79.9. The van der Waals surface area contributed by atoms with Gasteiger partial charge in [0.25, 0.3) is 5.91 Å². The summed E-state index contributed by atoms with van der Waals surface area (Å²) in [4.78, 5) is 17.4. The summed E-state index contributed by atoms with van der Waals surface area (Å²) in [5, 5.41) is 0.218. The molecule has 0 aliphatic carbocycles. The van der Waals surface area contributed by atoms with Crippen LogP contribution in [0.25, 0.3) is 0 Å². The maximum atomic E-state index is 11.9.